The van der Waals surface area contributed by atoms with Gasteiger partial charge in [0.15, 0.2) is 5.65 Å². The minimum absolute atomic E-state index is 0.0838. The number of fused-ring (bicyclic) bond motifs is 1. The van der Waals surface area contributed by atoms with Gasteiger partial charge in [-0.25, -0.2) is 9.50 Å². The van der Waals surface area contributed by atoms with Gasteiger partial charge < -0.3 is 10.2 Å². The maximum absolute atomic E-state index is 13.1. The number of nitrogens with one attached hydrogen (secondary N) is 1. The van der Waals surface area contributed by atoms with E-state index in [4.69, 9.17) is 0 Å². The summed E-state index contributed by atoms with van der Waals surface area (Å²) in [6, 6.07) is 0.299. The third kappa shape index (κ3) is 3.42. The van der Waals surface area contributed by atoms with Gasteiger partial charge in [0.2, 0.25) is 5.91 Å². The Morgan fingerprint density at radius 1 is 1.22 bits per heavy atom. The van der Waals surface area contributed by atoms with E-state index in [-0.39, 0.29) is 11.8 Å². The molecule has 1 atom stereocenters. The number of piperidine rings is 1. The van der Waals surface area contributed by atoms with Crippen LogP contribution in [0.25, 0.3) is 5.65 Å². The summed E-state index contributed by atoms with van der Waals surface area (Å²) in [4.78, 5) is 32.2. The standard InChI is InChI=1S/C20H27N5O2/c1-14-10-21-17-16(11-22-25(17)12-14)18(26)24-9-5-8-20(2,13-24)19(27)23-15-6-3-4-7-15/h10-12,15H,3-9,13H2,1-2H3,(H,23,27)/t20-/m1/s1. The molecule has 2 aliphatic rings. The van der Waals surface area contributed by atoms with Crippen molar-refractivity contribution in [3.05, 3.63) is 29.7 Å². The molecule has 3 heterocycles. The number of carbonyl (C=O) groups excluding carboxylic acids is 2. The van der Waals surface area contributed by atoms with Crippen LogP contribution in [0.1, 0.15) is 61.4 Å². The SMILES string of the molecule is Cc1cnc2c(C(=O)N3CCC[C@@](C)(C(=O)NC4CCCC4)C3)cnn2c1. The quantitative estimate of drug-likeness (QED) is 0.901. The highest BCUT2D eigenvalue weighted by Crippen LogP contribution is 2.32. The van der Waals surface area contributed by atoms with Crippen LogP contribution in [0.4, 0.5) is 0 Å². The van der Waals surface area contributed by atoms with Crippen LogP contribution in [0.2, 0.25) is 0 Å². The van der Waals surface area contributed by atoms with Crippen molar-refractivity contribution in [3.8, 4) is 0 Å². The zero-order valence-electron chi connectivity index (χ0n) is 16.1. The van der Waals surface area contributed by atoms with E-state index >= 15 is 0 Å². The lowest BCUT2D eigenvalue weighted by Gasteiger charge is -2.39. The van der Waals surface area contributed by atoms with Gasteiger partial charge in [-0.05, 0) is 45.1 Å². The van der Waals surface area contributed by atoms with Crippen LogP contribution in [0, 0.1) is 12.3 Å². The van der Waals surface area contributed by atoms with Gasteiger partial charge in [0.05, 0.1) is 11.6 Å². The summed E-state index contributed by atoms with van der Waals surface area (Å²) < 4.78 is 1.64. The van der Waals surface area contributed by atoms with E-state index in [9.17, 15) is 9.59 Å². The highest BCUT2D eigenvalue weighted by molar-refractivity contribution is 6.00. The third-order valence-electron chi connectivity index (χ3n) is 5.94. The summed E-state index contributed by atoms with van der Waals surface area (Å²) in [6.07, 6.45) is 11.3. The minimum Gasteiger partial charge on any atom is -0.353 e. The Kier molecular flexibility index (Phi) is 4.61. The Labute approximate surface area is 159 Å². The monoisotopic (exact) mass is 369 g/mol. The fraction of sp³-hybridized carbons (Fsp3) is 0.600. The molecule has 0 bridgehead atoms. The lowest BCUT2D eigenvalue weighted by Crippen LogP contribution is -2.53. The van der Waals surface area contributed by atoms with Gasteiger partial charge >= 0.3 is 0 Å². The molecule has 1 aliphatic carbocycles. The highest BCUT2D eigenvalue weighted by atomic mass is 16.2. The van der Waals surface area contributed by atoms with E-state index in [1.807, 2.05) is 20.0 Å². The molecule has 2 fully saturated rings. The van der Waals surface area contributed by atoms with Crippen LogP contribution in [0.3, 0.4) is 0 Å². The maximum Gasteiger partial charge on any atom is 0.259 e. The fourth-order valence-corrected chi connectivity index (χ4v) is 4.32. The van der Waals surface area contributed by atoms with Crippen molar-refractivity contribution in [2.24, 2.45) is 5.41 Å². The van der Waals surface area contributed by atoms with E-state index in [0.717, 1.165) is 31.2 Å². The van der Waals surface area contributed by atoms with E-state index in [1.165, 1.54) is 12.8 Å². The molecule has 1 saturated carbocycles. The van der Waals surface area contributed by atoms with Crippen LogP contribution in [-0.4, -0.2) is 50.4 Å². The van der Waals surface area contributed by atoms with E-state index in [1.54, 1.807) is 21.8 Å². The number of aryl methyl sites for hydroxylation is 1. The molecule has 4 rings (SSSR count). The molecule has 27 heavy (non-hydrogen) atoms. The number of amides is 2. The largest absolute Gasteiger partial charge is 0.353 e. The number of hydrogen-bond donors (Lipinski definition) is 1. The molecule has 1 N–H and O–H groups in total. The third-order valence-corrected chi connectivity index (χ3v) is 5.94. The molecule has 7 nitrogen and oxygen atoms in total. The predicted molar refractivity (Wildman–Crippen MR) is 101 cm³/mol. The predicted octanol–water partition coefficient (Wildman–Crippen LogP) is 2.34. The molecule has 144 valence electrons. The molecule has 0 spiro atoms. The Bertz CT molecular complexity index is 870. The molecule has 1 saturated heterocycles. The molecule has 2 amide bonds. The van der Waals surface area contributed by atoms with Crippen LogP contribution < -0.4 is 5.32 Å². The summed E-state index contributed by atoms with van der Waals surface area (Å²) >= 11 is 0. The maximum atomic E-state index is 13.1. The van der Waals surface area contributed by atoms with Gasteiger partial charge in [-0.2, -0.15) is 5.10 Å². The van der Waals surface area contributed by atoms with Crippen LogP contribution >= 0.6 is 0 Å². The van der Waals surface area contributed by atoms with Crippen molar-refractivity contribution in [2.75, 3.05) is 13.1 Å². The van der Waals surface area contributed by atoms with Crippen molar-refractivity contribution in [3.63, 3.8) is 0 Å². The minimum atomic E-state index is -0.538. The number of aromatic nitrogens is 3. The molecular formula is C20H27N5O2. The van der Waals surface area contributed by atoms with E-state index < -0.39 is 5.41 Å². The Morgan fingerprint density at radius 2 is 2.00 bits per heavy atom. The molecule has 0 aromatic carbocycles. The summed E-state index contributed by atoms with van der Waals surface area (Å²) in [5, 5.41) is 7.48. The average Bonchev–Trinajstić information content (AvgIpc) is 3.30. The Hall–Kier alpha value is -2.44. The van der Waals surface area contributed by atoms with Crippen molar-refractivity contribution < 1.29 is 9.59 Å². The number of rotatable bonds is 3. The zero-order valence-corrected chi connectivity index (χ0v) is 16.1. The first kappa shape index (κ1) is 17.9. The molecule has 2 aromatic heterocycles. The van der Waals surface area contributed by atoms with Crippen molar-refractivity contribution >= 4 is 17.5 Å². The smallest absolute Gasteiger partial charge is 0.259 e. The summed E-state index contributed by atoms with van der Waals surface area (Å²) in [5.41, 5.74) is 1.51. The number of nitrogens with zero attached hydrogens (tertiary/aromatic N) is 4. The van der Waals surface area contributed by atoms with Gasteiger partial charge in [-0.15, -0.1) is 0 Å². The van der Waals surface area contributed by atoms with Gasteiger partial charge in [0.25, 0.3) is 5.91 Å². The molecule has 1 aliphatic heterocycles. The average molecular weight is 369 g/mol. The second kappa shape index (κ2) is 6.94. The Morgan fingerprint density at radius 3 is 2.78 bits per heavy atom. The summed E-state index contributed by atoms with van der Waals surface area (Å²) in [7, 11) is 0. The second-order valence-corrected chi connectivity index (χ2v) is 8.30. The van der Waals surface area contributed by atoms with Gasteiger partial charge in [-0.3, -0.25) is 9.59 Å². The van der Waals surface area contributed by atoms with E-state index in [0.29, 0.717) is 30.3 Å². The Balaban J connectivity index is 1.51. The molecule has 0 unspecified atom stereocenters. The first-order chi connectivity index (χ1) is 13.0. The molecule has 7 heteroatoms. The molecule has 2 aromatic rings. The zero-order chi connectivity index (χ0) is 19.0. The van der Waals surface area contributed by atoms with E-state index in [2.05, 4.69) is 15.4 Å². The van der Waals surface area contributed by atoms with Crippen LogP contribution in [0.15, 0.2) is 18.6 Å². The normalized spacial score (nSPS) is 23.7. The molecular weight excluding hydrogens is 342 g/mol. The first-order valence-corrected chi connectivity index (χ1v) is 9.86. The summed E-state index contributed by atoms with van der Waals surface area (Å²) in [5.74, 6) is -0.0125. The van der Waals surface area contributed by atoms with Crippen molar-refractivity contribution in [2.45, 2.75) is 58.4 Å². The van der Waals surface area contributed by atoms with Crippen LogP contribution in [0.5, 0.6) is 0 Å². The number of likely N-dealkylation sites (tertiary alicyclic amines) is 1. The van der Waals surface area contributed by atoms with Crippen LogP contribution in [-0.2, 0) is 4.79 Å². The number of carbonyl (C=O) groups is 2. The topological polar surface area (TPSA) is 79.6 Å². The molecule has 0 radical (unpaired) electrons. The lowest BCUT2D eigenvalue weighted by atomic mass is 9.80. The first-order valence-electron chi connectivity index (χ1n) is 9.86. The van der Waals surface area contributed by atoms with Gasteiger partial charge in [0, 0.05) is 31.5 Å². The van der Waals surface area contributed by atoms with Gasteiger partial charge in [0.1, 0.15) is 5.56 Å². The fourth-order valence-electron chi connectivity index (χ4n) is 4.32. The van der Waals surface area contributed by atoms with Gasteiger partial charge in [-0.1, -0.05) is 12.8 Å². The highest BCUT2D eigenvalue weighted by Gasteiger charge is 2.40. The van der Waals surface area contributed by atoms with Crippen molar-refractivity contribution in [1.29, 1.82) is 0 Å². The second-order valence-electron chi connectivity index (χ2n) is 8.30. The van der Waals surface area contributed by atoms with Crippen molar-refractivity contribution in [1.82, 2.24) is 24.8 Å². The number of hydrogen-bond acceptors (Lipinski definition) is 4. The lowest BCUT2D eigenvalue weighted by molar-refractivity contribution is -0.133. The summed E-state index contributed by atoms with van der Waals surface area (Å²) in [6.45, 7) is 5.02.